The Morgan fingerprint density at radius 3 is 2.48 bits per heavy atom. The molecule has 1 amide bonds. The average molecular weight is 437 g/mol. The van der Waals surface area contributed by atoms with Gasteiger partial charge in [0.15, 0.2) is 11.0 Å². The van der Waals surface area contributed by atoms with Gasteiger partial charge < -0.3 is 9.64 Å². The third kappa shape index (κ3) is 5.88. The van der Waals surface area contributed by atoms with Crippen LogP contribution >= 0.6 is 11.8 Å². The van der Waals surface area contributed by atoms with Crippen molar-refractivity contribution in [2.75, 3.05) is 18.8 Å². The first-order valence-corrected chi connectivity index (χ1v) is 11.7. The quantitative estimate of drug-likeness (QED) is 0.492. The Bertz CT molecular complexity index is 983. The Balaban J connectivity index is 1.47. The van der Waals surface area contributed by atoms with Crippen LogP contribution in [0.1, 0.15) is 36.2 Å². The number of hydrogen-bond acceptors (Lipinski definition) is 5. The lowest BCUT2D eigenvalue weighted by molar-refractivity contribution is -0.129. The SMILES string of the molecule is Cc1ccc(OCc2nnc(SCC(=O)N3CCCCC3)n2Cc2ccccc2)cc1. The molecule has 1 saturated heterocycles. The minimum Gasteiger partial charge on any atom is -0.486 e. The van der Waals surface area contributed by atoms with Crippen LogP contribution in [0.15, 0.2) is 59.8 Å². The Morgan fingerprint density at radius 1 is 1.00 bits per heavy atom. The third-order valence-electron chi connectivity index (χ3n) is 5.40. The van der Waals surface area contributed by atoms with E-state index in [9.17, 15) is 4.79 Å². The summed E-state index contributed by atoms with van der Waals surface area (Å²) >= 11 is 1.46. The highest BCUT2D eigenvalue weighted by molar-refractivity contribution is 7.99. The van der Waals surface area contributed by atoms with Crippen LogP contribution in [0.3, 0.4) is 0 Å². The van der Waals surface area contributed by atoms with Gasteiger partial charge >= 0.3 is 0 Å². The number of benzene rings is 2. The van der Waals surface area contributed by atoms with Gasteiger partial charge in [0.1, 0.15) is 12.4 Å². The number of carbonyl (C=O) groups is 1. The van der Waals surface area contributed by atoms with Crippen molar-refractivity contribution in [1.29, 1.82) is 0 Å². The van der Waals surface area contributed by atoms with Gasteiger partial charge in [0.2, 0.25) is 5.91 Å². The second-order valence-electron chi connectivity index (χ2n) is 7.80. The smallest absolute Gasteiger partial charge is 0.233 e. The maximum atomic E-state index is 12.6. The first-order chi connectivity index (χ1) is 15.2. The maximum Gasteiger partial charge on any atom is 0.233 e. The molecule has 4 rings (SSSR count). The first kappa shape index (κ1) is 21.4. The Morgan fingerprint density at radius 2 is 1.74 bits per heavy atom. The van der Waals surface area contributed by atoms with Gasteiger partial charge in [0.05, 0.1) is 12.3 Å². The molecular formula is C24H28N4O2S. The predicted octanol–water partition coefficient (Wildman–Crippen LogP) is 4.32. The van der Waals surface area contributed by atoms with Gasteiger partial charge in [-0.05, 0) is 43.9 Å². The van der Waals surface area contributed by atoms with Crippen molar-refractivity contribution >= 4 is 17.7 Å². The summed E-state index contributed by atoms with van der Waals surface area (Å²) < 4.78 is 8.01. The molecule has 162 valence electrons. The van der Waals surface area contributed by atoms with Crippen molar-refractivity contribution in [3.63, 3.8) is 0 Å². The van der Waals surface area contributed by atoms with Crippen molar-refractivity contribution in [2.24, 2.45) is 0 Å². The molecule has 1 aliphatic rings. The molecule has 3 aromatic rings. The van der Waals surface area contributed by atoms with E-state index < -0.39 is 0 Å². The average Bonchev–Trinajstić information content (AvgIpc) is 3.19. The summed E-state index contributed by atoms with van der Waals surface area (Å²) in [4.78, 5) is 14.6. The number of piperidine rings is 1. The lowest BCUT2D eigenvalue weighted by Crippen LogP contribution is -2.36. The summed E-state index contributed by atoms with van der Waals surface area (Å²) in [6.45, 7) is 4.75. The summed E-state index contributed by atoms with van der Waals surface area (Å²) in [6.07, 6.45) is 3.41. The number of hydrogen-bond donors (Lipinski definition) is 0. The molecule has 0 saturated carbocycles. The van der Waals surface area contributed by atoms with Crippen LogP contribution < -0.4 is 4.74 Å². The highest BCUT2D eigenvalue weighted by Crippen LogP contribution is 2.22. The van der Waals surface area contributed by atoms with Gasteiger partial charge in [-0.2, -0.15) is 0 Å². The Labute approximate surface area is 187 Å². The van der Waals surface area contributed by atoms with E-state index in [1.807, 2.05) is 47.4 Å². The third-order valence-corrected chi connectivity index (χ3v) is 6.35. The lowest BCUT2D eigenvalue weighted by atomic mass is 10.1. The van der Waals surface area contributed by atoms with Gasteiger partial charge in [-0.1, -0.05) is 59.8 Å². The summed E-state index contributed by atoms with van der Waals surface area (Å²) in [6, 6.07) is 18.2. The lowest BCUT2D eigenvalue weighted by Gasteiger charge is -2.26. The molecule has 2 aromatic carbocycles. The summed E-state index contributed by atoms with van der Waals surface area (Å²) in [7, 11) is 0. The molecule has 6 nitrogen and oxygen atoms in total. The highest BCUT2D eigenvalue weighted by atomic mass is 32.2. The van der Waals surface area contributed by atoms with Crippen LogP contribution in [0.5, 0.6) is 5.75 Å². The molecule has 1 aliphatic heterocycles. The number of thioether (sulfide) groups is 1. The van der Waals surface area contributed by atoms with E-state index in [4.69, 9.17) is 4.74 Å². The zero-order valence-corrected chi connectivity index (χ0v) is 18.7. The van der Waals surface area contributed by atoms with Crippen LogP contribution in [0.25, 0.3) is 0 Å². The van der Waals surface area contributed by atoms with Crippen molar-refractivity contribution < 1.29 is 9.53 Å². The monoisotopic (exact) mass is 436 g/mol. The molecule has 0 radical (unpaired) electrons. The number of likely N-dealkylation sites (tertiary alicyclic amines) is 1. The number of nitrogens with zero attached hydrogens (tertiary/aromatic N) is 4. The molecule has 0 unspecified atom stereocenters. The van der Waals surface area contributed by atoms with Crippen LogP contribution in [-0.4, -0.2) is 44.4 Å². The molecular weight excluding hydrogens is 408 g/mol. The topological polar surface area (TPSA) is 60.3 Å². The number of rotatable bonds is 8. The molecule has 2 heterocycles. The summed E-state index contributed by atoms with van der Waals surface area (Å²) in [5, 5.41) is 9.51. The number of aryl methyl sites for hydroxylation is 1. The van der Waals surface area contributed by atoms with Gasteiger partial charge in [-0.15, -0.1) is 10.2 Å². The first-order valence-electron chi connectivity index (χ1n) is 10.7. The fourth-order valence-electron chi connectivity index (χ4n) is 3.60. The number of amides is 1. The van der Waals surface area contributed by atoms with E-state index in [0.29, 0.717) is 18.9 Å². The second-order valence-corrected chi connectivity index (χ2v) is 8.74. The van der Waals surface area contributed by atoms with Crippen molar-refractivity contribution in [3.8, 4) is 5.75 Å². The van der Waals surface area contributed by atoms with Gasteiger partial charge in [-0.3, -0.25) is 9.36 Å². The molecule has 31 heavy (non-hydrogen) atoms. The zero-order chi connectivity index (χ0) is 21.5. The van der Waals surface area contributed by atoms with Crippen LogP contribution in [0.2, 0.25) is 0 Å². The normalized spacial score (nSPS) is 13.9. The predicted molar refractivity (Wildman–Crippen MR) is 122 cm³/mol. The maximum absolute atomic E-state index is 12.6. The fourth-order valence-corrected chi connectivity index (χ4v) is 4.46. The van der Waals surface area contributed by atoms with Gasteiger partial charge in [0, 0.05) is 13.1 Å². The van der Waals surface area contributed by atoms with Crippen molar-refractivity contribution in [2.45, 2.75) is 44.5 Å². The molecule has 1 fully saturated rings. The molecule has 1 aromatic heterocycles. The second kappa shape index (κ2) is 10.5. The Kier molecular flexibility index (Phi) is 7.25. The standard InChI is InChI=1S/C24H28N4O2S/c1-19-10-12-21(13-11-19)30-17-22-25-26-24(28(22)16-20-8-4-2-5-9-20)31-18-23(29)27-14-6-3-7-15-27/h2,4-5,8-13H,3,6-7,14-18H2,1H3. The molecule has 0 atom stereocenters. The van der Waals surface area contributed by atoms with E-state index in [2.05, 4.69) is 33.8 Å². The largest absolute Gasteiger partial charge is 0.486 e. The van der Waals surface area contributed by atoms with E-state index in [1.165, 1.54) is 23.7 Å². The number of ether oxygens (including phenoxy) is 1. The van der Waals surface area contributed by atoms with Crippen LogP contribution in [-0.2, 0) is 17.9 Å². The molecule has 0 spiro atoms. The van der Waals surface area contributed by atoms with E-state index in [1.54, 1.807) is 0 Å². The molecule has 0 N–H and O–H groups in total. The number of aromatic nitrogens is 3. The molecule has 0 bridgehead atoms. The van der Waals surface area contributed by atoms with Gasteiger partial charge in [0.25, 0.3) is 0 Å². The highest BCUT2D eigenvalue weighted by Gasteiger charge is 2.19. The number of carbonyl (C=O) groups excluding carboxylic acids is 1. The van der Waals surface area contributed by atoms with Crippen LogP contribution in [0, 0.1) is 6.92 Å². The van der Waals surface area contributed by atoms with Gasteiger partial charge in [-0.25, -0.2) is 0 Å². The van der Waals surface area contributed by atoms with Crippen LogP contribution in [0.4, 0.5) is 0 Å². The minimum atomic E-state index is 0.177. The zero-order valence-electron chi connectivity index (χ0n) is 17.9. The van der Waals surface area contributed by atoms with E-state index in [0.717, 1.165) is 48.2 Å². The van der Waals surface area contributed by atoms with E-state index >= 15 is 0 Å². The van der Waals surface area contributed by atoms with E-state index in [-0.39, 0.29) is 5.91 Å². The minimum absolute atomic E-state index is 0.177. The van der Waals surface area contributed by atoms with Crippen molar-refractivity contribution in [3.05, 3.63) is 71.5 Å². The Hall–Kier alpha value is -2.80. The molecule has 0 aliphatic carbocycles. The van der Waals surface area contributed by atoms with Crippen molar-refractivity contribution in [1.82, 2.24) is 19.7 Å². The molecule has 7 heteroatoms. The fraction of sp³-hybridized carbons (Fsp3) is 0.375. The summed E-state index contributed by atoms with van der Waals surface area (Å²) in [5.41, 5.74) is 2.35. The summed E-state index contributed by atoms with van der Waals surface area (Å²) in [5.74, 6) is 2.11.